The zero-order chi connectivity index (χ0) is 8.10. The van der Waals surface area contributed by atoms with E-state index in [2.05, 4.69) is 11.9 Å². The van der Waals surface area contributed by atoms with E-state index in [1.54, 1.807) is 12.4 Å². The second kappa shape index (κ2) is 4.09. The van der Waals surface area contributed by atoms with Crippen LogP contribution in [-0.2, 0) is 0 Å². The molecule has 0 bridgehead atoms. The second-order valence-corrected chi connectivity index (χ2v) is 2.68. The molecule has 0 fully saturated rings. The van der Waals surface area contributed by atoms with Gasteiger partial charge >= 0.3 is 0 Å². The van der Waals surface area contributed by atoms with Gasteiger partial charge in [-0.15, -0.1) is 0 Å². The van der Waals surface area contributed by atoms with Gasteiger partial charge in [0, 0.05) is 18.4 Å². The van der Waals surface area contributed by atoms with Gasteiger partial charge in [0.25, 0.3) is 0 Å². The van der Waals surface area contributed by atoms with E-state index in [-0.39, 0.29) is 6.04 Å². The van der Waals surface area contributed by atoms with Crippen molar-refractivity contribution in [1.29, 1.82) is 0 Å². The van der Waals surface area contributed by atoms with Gasteiger partial charge in [0.2, 0.25) is 0 Å². The maximum atomic E-state index is 5.88. The molecule has 0 saturated heterocycles. The van der Waals surface area contributed by atoms with Gasteiger partial charge in [-0.05, 0) is 24.1 Å². The Balaban J connectivity index is 2.61. The number of rotatable bonds is 3. The van der Waals surface area contributed by atoms with Gasteiger partial charge in [0.15, 0.2) is 0 Å². The van der Waals surface area contributed by atoms with Crippen LogP contribution in [0.4, 0.5) is 0 Å². The molecule has 1 atom stereocenters. The van der Waals surface area contributed by atoms with Crippen LogP contribution >= 0.6 is 0 Å². The molecule has 0 aliphatic heterocycles. The minimum Gasteiger partial charge on any atom is -0.324 e. The van der Waals surface area contributed by atoms with Gasteiger partial charge in [-0.2, -0.15) is 0 Å². The zero-order valence-electron chi connectivity index (χ0n) is 6.83. The van der Waals surface area contributed by atoms with E-state index in [1.807, 2.05) is 12.1 Å². The van der Waals surface area contributed by atoms with Crippen molar-refractivity contribution in [3.05, 3.63) is 30.1 Å². The van der Waals surface area contributed by atoms with Crippen LogP contribution in [0.2, 0.25) is 0 Å². The largest absolute Gasteiger partial charge is 0.324 e. The van der Waals surface area contributed by atoms with Crippen LogP contribution in [0.15, 0.2) is 24.5 Å². The maximum Gasteiger partial charge on any atom is 0.0295 e. The van der Waals surface area contributed by atoms with Crippen molar-refractivity contribution in [2.24, 2.45) is 5.73 Å². The third-order valence-corrected chi connectivity index (χ3v) is 1.73. The predicted octanol–water partition coefficient (Wildman–Crippen LogP) is 1.88. The molecule has 0 aliphatic rings. The van der Waals surface area contributed by atoms with Crippen LogP contribution in [0.25, 0.3) is 0 Å². The van der Waals surface area contributed by atoms with E-state index >= 15 is 0 Å². The summed E-state index contributed by atoms with van der Waals surface area (Å²) >= 11 is 0. The molecule has 0 spiro atoms. The molecule has 0 aromatic carbocycles. The monoisotopic (exact) mass is 150 g/mol. The van der Waals surface area contributed by atoms with Gasteiger partial charge < -0.3 is 5.73 Å². The Hall–Kier alpha value is -0.890. The average molecular weight is 150 g/mol. The Morgan fingerprint density at radius 2 is 2.09 bits per heavy atom. The zero-order valence-corrected chi connectivity index (χ0v) is 6.83. The number of nitrogens with two attached hydrogens (primary N) is 1. The molecule has 1 aromatic rings. The fourth-order valence-corrected chi connectivity index (χ4v) is 1.09. The van der Waals surface area contributed by atoms with Crippen molar-refractivity contribution in [2.75, 3.05) is 0 Å². The standard InChI is InChI=1S/C9H14N2/c1-2-3-9(10)8-4-6-11-7-5-8/h4-7,9H,2-3,10H2,1H3. The first kappa shape index (κ1) is 8.21. The average Bonchev–Trinajstić information content (AvgIpc) is 2.07. The highest BCUT2D eigenvalue weighted by atomic mass is 14.6. The van der Waals surface area contributed by atoms with E-state index in [0.717, 1.165) is 12.8 Å². The summed E-state index contributed by atoms with van der Waals surface area (Å²) in [6.07, 6.45) is 5.74. The molecule has 1 aromatic heterocycles. The number of nitrogens with zero attached hydrogens (tertiary/aromatic N) is 1. The molecule has 11 heavy (non-hydrogen) atoms. The highest BCUT2D eigenvalue weighted by molar-refractivity contribution is 5.13. The van der Waals surface area contributed by atoms with Crippen LogP contribution in [0.1, 0.15) is 31.4 Å². The van der Waals surface area contributed by atoms with Gasteiger partial charge in [0.05, 0.1) is 0 Å². The molecule has 0 saturated carbocycles. The summed E-state index contributed by atoms with van der Waals surface area (Å²) in [5, 5.41) is 0. The van der Waals surface area contributed by atoms with Crippen LogP contribution in [-0.4, -0.2) is 4.98 Å². The van der Waals surface area contributed by atoms with Gasteiger partial charge in [-0.1, -0.05) is 13.3 Å². The lowest BCUT2D eigenvalue weighted by Crippen LogP contribution is -2.09. The van der Waals surface area contributed by atoms with Crippen molar-refractivity contribution in [3.8, 4) is 0 Å². The Kier molecular flexibility index (Phi) is 3.05. The summed E-state index contributed by atoms with van der Waals surface area (Å²) in [6, 6.07) is 4.13. The lowest BCUT2D eigenvalue weighted by Gasteiger charge is -2.08. The highest BCUT2D eigenvalue weighted by Gasteiger charge is 2.01. The van der Waals surface area contributed by atoms with Gasteiger partial charge in [-0.25, -0.2) is 0 Å². The van der Waals surface area contributed by atoms with Crippen LogP contribution in [0, 0.1) is 0 Å². The molecule has 2 nitrogen and oxygen atoms in total. The Bertz CT molecular complexity index is 196. The third-order valence-electron chi connectivity index (χ3n) is 1.73. The molecule has 0 aliphatic carbocycles. The first-order valence-electron chi connectivity index (χ1n) is 4.00. The quantitative estimate of drug-likeness (QED) is 0.714. The maximum absolute atomic E-state index is 5.88. The van der Waals surface area contributed by atoms with E-state index in [0.29, 0.717) is 0 Å². The molecule has 1 heterocycles. The van der Waals surface area contributed by atoms with E-state index in [1.165, 1.54) is 5.56 Å². The van der Waals surface area contributed by atoms with E-state index < -0.39 is 0 Å². The Morgan fingerprint density at radius 3 is 2.64 bits per heavy atom. The topological polar surface area (TPSA) is 38.9 Å². The van der Waals surface area contributed by atoms with Gasteiger partial charge in [0.1, 0.15) is 0 Å². The number of pyridine rings is 1. The van der Waals surface area contributed by atoms with Crippen LogP contribution in [0.5, 0.6) is 0 Å². The molecule has 1 rings (SSSR count). The Labute approximate surface area is 67.5 Å². The minimum atomic E-state index is 0.183. The molecule has 0 amide bonds. The summed E-state index contributed by atoms with van der Waals surface area (Å²) < 4.78 is 0. The minimum absolute atomic E-state index is 0.183. The lowest BCUT2D eigenvalue weighted by atomic mass is 10.1. The molecule has 1 unspecified atom stereocenters. The second-order valence-electron chi connectivity index (χ2n) is 2.68. The summed E-state index contributed by atoms with van der Waals surface area (Å²) in [7, 11) is 0. The normalized spacial score (nSPS) is 12.9. The lowest BCUT2D eigenvalue weighted by molar-refractivity contribution is 0.637. The fourth-order valence-electron chi connectivity index (χ4n) is 1.09. The summed E-state index contributed by atoms with van der Waals surface area (Å²) in [5.41, 5.74) is 7.06. The molecule has 0 radical (unpaired) electrons. The molecule has 2 N–H and O–H groups in total. The van der Waals surface area contributed by atoms with Crippen LogP contribution in [0.3, 0.4) is 0 Å². The van der Waals surface area contributed by atoms with Crippen molar-refractivity contribution >= 4 is 0 Å². The van der Waals surface area contributed by atoms with E-state index in [4.69, 9.17) is 5.73 Å². The number of hydrogen-bond donors (Lipinski definition) is 1. The number of hydrogen-bond acceptors (Lipinski definition) is 2. The van der Waals surface area contributed by atoms with Crippen molar-refractivity contribution in [3.63, 3.8) is 0 Å². The van der Waals surface area contributed by atoms with Crippen LogP contribution < -0.4 is 5.73 Å². The third kappa shape index (κ3) is 2.31. The smallest absolute Gasteiger partial charge is 0.0295 e. The first-order chi connectivity index (χ1) is 5.34. The van der Waals surface area contributed by atoms with Gasteiger partial charge in [-0.3, -0.25) is 4.98 Å². The molecular formula is C9H14N2. The fraction of sp³-hybridized carbons (Fsp3) is 0.444. The van der Waals surface area contributed by atoms with E-state index in [9.17, 15) is 0 Å². The summed E-state index contributed by atoms with van der Waals surface area (Å²) in [6.45, 7) is 2.14. The molecule has 60 valence electrons. The highest BCUT2D eigenvalue weighted by Crippen LogP contribution is 2.13. The molecular weight excluding hydrogens is 136 g/mol. The number of aromatic nitrogens is 1. The first-order valence-corrected chi connectivity index (χ1v) is 4.00. The van der Waals surface area contributed by atoms with Crippen molar-refractivity contribution in [1.82, 2.24) is 4.98 Å². The Morgan fingerprint density at radius 1 is 1.45 bits per heavy atom. The summed E-state index contributed by atoms with van der Waals surface area (Å²) in [4.78, 5) is 3.93. The molecule has 2 heteroatoms. The predicted molar refractivity (Wildman–Crippen MR) is 46.1 cm³/mol. The summed E-state index contributed by atoms with van der Waals surface area (Å²) in [5.74, 6) is 0. The van der Waals surface area contributed by atoms with Crippen molar-refractivity contribution in [2.45, 2.75) is 25.8 Å². The van der Waals surface area contributed by atoms with Crippen molar-refractivity contribution < 1.29 is 0 Å². The SMILES string of the molecule is CCCC(N)c1ccncc1.